The smallest absolute Gasteiger partial charge is 0.231 e. The Morgan fingerprint density at radius 1 is 1.11 bits per heavy atom. The zero-order valence-electron chi connectivity index (χ0n) is 17.3. The molecule has 1 aliphatic rings. The first kappa shape index (κ1) is 20.1. The van der Waals surface area contributed by atoms with Crippen LogP contribution in [-0.4, -0.2) is 19.8 Å². The van der Waals surface area contributed by atoms with Crippen LogP contribution in [0.3, 0.4) is 0 Å². The van der Waals surface area contributed by atoms with Crippen molar-refractivity contribution in [3.8, 4) is 17.2 Å². The van der Waals surface area contributed by atoms with Gasteiger partial charge in [0.2, 0.25) is 12.7 Å². The van der Waals surface area contributed by atoms with Gasteiger partial charge in [-0.05, 0) is 72.7 Å². The monoisotopic (exact) mass is 383 g/mol. The zero-order valence-corrected chi connectivity index (χ0v) is 17.3. The lowest BCUT2D eigenvalue weighted by atomic mass is 9.93. The number of hydrogen-bond acceptors (Lipinski definition) is 4. The average Bonchev–Trinajstić information content (AvgIpc) is 3.13. The molecule has 0 aromatic heterocycles. The SMILES string of the molecule is COc1cc(C)c([C@H](C)NC(=O)CCc2ccc3c(c2)OCO3)cc1C(C)C. The molecule has 0 saturated heterocycles. The Balaban J connectivity index is 1.63. The third-order valence-corrected chi connectivity index (χ3v) is 5.16. The van der Waals surface area contributed by atoms with Crippen LogP contribution in [0.25, 0.3) is 0 Å². The van der Waals surface area contributed by atoms with Crippen molar-refractivity contribution >= 4 is 5.91 Å². The van der Waals surface area contributed by atoms with Crippen LogP contribution in [-0.2, 0) is 11.2 Å². The van der Waals surface area contributed by atoms with Gasteiger partial charge in [0.25, 0.3) is 0 Å². The molecule has 28 heavy (non-hydrogen) atoms. The number of ether oxygens (including phenoxy) is 3. The maximum atomic E-state index is 12.5. The van der Waals surface area contributed by atoms with Gasteiger partial charge in [0.05, 0.1) is 13.2 Å². The molecule has 0 radical (unpaired) electrons. The quantitative estimate of drug-likeness (QED) is 0.755. The minimum Gasteiger partial charge on any atom is -0.496 e. The molecule has 5 heteroatoms. The molecule has 1 aliphatic heterocycles. The van der Waals surface area contributed by atoms with E-state index in [0.717, 1.165) is 39.5 Å². The third-order valence-electron chi connectivity index (χ3n) is 5.16. The molecule has 0 bridgehead atoms. The zero-order chi connectivity index (χ0) is 20.3. The molecule has 2 aromatic rings. The van der Waals surface area contributed by atoms with E-state index in [0.29, 0.717) is 18.8 Å². The number of rotatable bonds is 7. The number of nitrogens with one attached hydrogen (secondary N) is 1. The van der Waals surface area contributed by atoms with Crippen molar-refractivity contribution in [1.82, 2.24) is 5.32 Å². The summed E-state index contributed by atoms with van der Waals surface area (Å²) in [4.78, 5) is 12.5. The van der Waals surface area contributed by atoms with E-state index in [2.05, 4.69) is 38.2 Å². The first-order valence-corrected chi connectivity index (χ1v) is 9.75. The van der Waals surface area contributed by atoms with Crippen LogP contribution >= 0.6 is 0 Å². The maximum absolute atomic E-state index is 12.5. The highest BCUT2D eigenvalue weighted by Gasteiger charge is 2.17. The number of benzene rings is 2. The standard InChI is InChI=1S/C23H29NO4/c1-14(2)18-12-19(15(3)10-21(18)26-5)16(4)24-23(25)9-7-17-6-8-20-22(11-17)28-13-27-20/h6,8,10-12,14,16H,7,9,13H2,1-5H3,(H,24,25)/t16-/m0/s1. The van der Waals surface area contributed by atoms with E-state index in [1.807, 2.05) is 25.1 Å². The molecule has 1 atom stereocenters. The third kappa shape index (κ3) is 4.41. The van der Waals surface area contributed by atoms with E-state index in [1.165, 1.54) is 0 Å². The van der Waals surface area contributed by atoms with Gasteiger partial charge in [0.15, 0.2) is 11.5 Å². The van der Waals surface area contributed by atoms with E-state index in [4.69, 9.17) is 14.2 Å². The fraction of sp³-hybridized carbons (Fsp3) is 0.435. The molecule has 0 fully saturated rings. The van der Waals surface area contributed by atoms with Crippen LogP contribution in [0.4, 0.5) is 0 Å². The Hall–Kier alpha value is -2.69. The molecule has 1 heterocycles. The Labute approximate surface area is 167 Å². The number of carbonyl (C=O) groups excluding carboxylic acids is 1. The van der Waals surface area contributed by atoms with Crippen LogP contribution in [0.15, 0.2) is 30.3 Å². The molecule has 150 valence electrons. The second kappa shape index (κ2) is 8.55. The minimum atomic E-state index is -0.0624. The summed E-state index contributed by atoms with van der Waals surface area (Å²) < 4.78 is 16.2. The normalized spacial score (nSPS) is 13.5. The topological polar surface area (TPSA) is 56.8 Å². The van der Waals surface area contributed by atoms with Gasteiger partial charge < -0.3 is 19.5 Å². The fourth-order valence-corrected chi connectivity index (χ4v) is 3.56. The van der Waals surface area contributed by atoms with Gasteiger partial charge >= 0.3 is 0 Å². The van der Waals surface area contributed by atoms with Gasteiger partial charge in [-0.1, -0.05) is 19.9 Å². The van der Waals surface area contributed by atoms with Crippen molar-refractivity contribution in [3.05, 3.63) is 52.6 Å². The van der Waals surface area contributed by atoms with E-state index in [-0.39, 0.29) is 18.7 Å². The highest BCUT2D eigenvalue weighted by molar-refractivity contribution is 5.76. The second-order valence-electron chi connectivity index (χ2n) is 7.58. The minimum absolute atomic E-state index is 0.0338. The Kier molecular flexibility index (Phi) is 6.12. The number of carbonyl (C=O) groups is 1. The number of amides is 1. The van der Waals surface area contributed by atoms with Crippen molar-refractivity contribution in [2.24, 2.45) is 0 Å². The first-order valence-electron chi connectivity index (χ1n) is 9.75. The van der Waals surface area contributed by atoms with Crippen molar-refractivity contribution in [1.29, 1.82) is 0 Å². The van der Waals surface area contributed by atoms with E-state index in [1.54, 1.807) is 7.11 Å². The Bertz CT molecular complexity index is 860. The molecular formula is C23H29NO4. The molecule has 0 spiro atoms. The summed E-state index contributed by atoms with van der Waals surface area (Å²) in [5.74, 6) is 2.80. The van der Waals surface area contributed by atoms with Crippen LogP contribution in [0, 0.1) is 6.92 Å². The largest absolute Gasteiger partial charge is 0.496 e. The van der Waals surface area contributed by atoms with Gasteiger partial charge in [0, 0.05) is 6.42 Å². The lowest BCUT2D eigenvalue weighted by Gasteiger charge is -2.21. The summed E-state index contributed by atoms with van der Waals surface area (Å²) in [5, 5.41) is 3.13. The lowest BCUT2D eigenvalue weighted by Crippen LogP contribution is -2.27. The molecule has 3 rings (SSSR count). The fourth-order valence-electron chi connectivity index (χ4n) is 3.56. The summed E-state index contributed by atoms with van der Waals surface area (Å²) >= 11 is 0. The van der Waals surface area contributed by atoms with Crippen molar-refractivity contribution in [2.45, 2.75) is 52.5 Å². The molecule has 1 N–H and O–H groups in total. The predicted molar refractivity (Wildman–Crippen MR) is 109 cm³/mol. The van der Waals surface area contributed by atoms with Crippen LogP contribution in [0.1, 0.15) is 61.4 Å². The van der Waals surface area contributed by atoms with Gasteiger partial charge in [-0.25, -0.2) is 0 Å². The van der Waals surface area contributed by atoms with Crippen LogP contribution in [0.2, 0.25) is 0 Å². The molecule has 0 unspecified atom stereocenters. The van der Waals surface area contributed by atoms with Crippen molar-refractivity contribution in [3.63, 3.8) is 0 Å². The summed E-state index contributed by atoms with van der Waals surface area (Å²) in [6, 6.07) is 9.97. The van der Waals surface area contributed by atoms with Gasteiger partial charge in [-0.2, -0.15) is 0 Å². The summed E-state index contributed by atoms with van der Waals surface area (Å²) in [6.07, 6.45) is 1.09. The Morgan fingerprint density at radius 3 is 2.57 bits per heavy atom. The highest BCUT2D eigenvalue weighted by atomic mass is 16.7. The second-order valence-corrected chi connectivity index (χ2v) is 7.58. The molecule has 0 aliphatic carbocycles. The maximum Gasteiger partial charge on any atom is 0.231 e. The number of fused-ring (bicyclic) bond motifs is 1. The number of methoxy groups -OCH3 is 1. The van der Waals surface area contributed by atoms with Gasteiger partial charge in [0.1, 0.15) is 5.75 Å². The average molecular weight is 383 g/mol. The van der Waals surface area contributed by atoms with E-state index in [9.17, 15) is 4.79 Å². The van der Waals surface area contributed by atoms with Gasteiger partial charge in [-0.3, -0.25) is 4.79 Å². The molecule has 0 saturated carbocycles. The van der Waals surface area contributed by atoms with Crippen LogP contribution in [0.5, 0.6) is 17.2 Å². The summed E-state index contributed by atoms with van der Waals surface area (Å²) in [7, 11) is 1.70. The molecular weight excluding hydrogens is 354 g/mol. The van der Waals surface area contributed by atoms with Crippen molar-refractivity contribution < 1.29 is 19.0 Å². The molecule has 2 aromatic carbocycles. The predicted octanol–water partition coefficient (Wildman–Crippen LogP) is 4.67. The summed E-state index contributed by atoms with van der Waals surface area (Å²) in [5.41, 5.74) is 4.46. The number of hydrogen-bond donors (Lipinski definition) is 1. The molecule has 1 amide bonds. The first-order chi connectivity index (χ1) is 13.4. The van der Waals surface area contributed by atoms with Crippen molar-refractivity contribution in [2.75, 3.05) is 13.9 Å². The number of aryl methyl sites for hydroxylation is 2. The van der Waals surface area contributed by atoms with E-state index < -0.39 is 0 Å². The van der Waals surface area contributed by atoms with E-state index >= 15 is 0 Å². The lowest BCUT2D eigenvalue weighted by molar-refractivity contribution is -0.121. The van der Waals surface area contributed by atoms with Crippen LogP contribution < -0.4 is 19.5 Å². The van der Waals surface area contributed by atoms with Gasteiger partial charge in [-0.15, -0.1) is 0 Å². The summed E-state index contributed by atoms with van der Waals surface area (Å²) in [6.45, 7) is 8.63. The highest BCUT2D eigenvalue weighted by Crippen LogP contribution is 2.33. The molecule has 5 nitrogen and oxygen atoms in total. The Morgan fingerprint density at radius 2 is 1.86 bits per heavy atom.